The number of imide groups is 2. The quantitative estimate of drug-likeness (QED) is 0.0730. The number of fused-ring (bicyclic) bond motifs is 1. The molecule has 2 saturated heterocycles. The summed E-state index contributed by atoms with van der Waals surface area (Å²) in [4.78, 5) is 64.8. The molecule has 4 amide bonds. The number of para-hydroxylation sites is 2. The van der Waals surface area contributed by atoms with E-state index in [2.05, 4.69) is 35.7 Å². The minimum Gasteiger partial charge on any atom is -0.494 e. The summed E-state index contributed by atoms with van der Waals surface area (Å²) < 4.78 is 30.5. The van der Waals surface area contributed by atoms with Crippen LogP contribution in [0, 0.1) is 0 Å². The Kier molecular flexibility index (Phi) is 12.7. The number of anilines is 6. The van der Waals surface area contributed by atoms with Crippen molar-refractivity contribution in [3.05, 3.63) is 83.0 Å². The van der Waals surface area contributed by atoms with Gasteiger partial charge in [-0.1, -0.05) is 29.8 Å². The van der Waals surface area contributed by atoms with Crippen LogP contribution in [-0.2, 0) is 26.2 Å². The fourth-order valence-corrected chi connectivity index (χ4v) is 7.39. The molecule has 1 aromatic heterocycles. The largest absolute Gasteiger partial charge is 0.494 e. The Labute approximate surface area is 343 Å². The van der Waals surface area contributed by atoms with Crippen molar-refractivity contribution in [2.45, 2.75) is 18.9 Å². The van der Waals surface area contributed by atoms with Crippen LogP contribution in [0.5, 0.6) is 11.5 Å². The minimum absolute atomic E-state index is 0.0488. The van der Waals surface area contributed by atoms with Crippen molar-refractivity contribution in [3.8, 4) is 11.5 Å². The molecule has 3 aliphatic rings. The Morgan fingerprint density at radius 2 is 1.74 bits per heavy atom. The summed E-state index contributed by atoms with van der Waals surface area (Å²) in [5, 5.41) is 8.96. The third-order valence-corrected chi connectivity index (χ3v) is 10.7. The van der Waals surface area contributed by atoms with Gasteiger partial charge in [0.1, 0.15) is 41.0 Å². The molecular formula is C39H42ClN9O8S. The van der Waals surface area contributed by atoms with E-state index < -0.39 is 29.7 Å². The zero-order chi connectivity index (χ0) is 40.8. The molecule has 0 saturated carbocycles. The van der Waals surface area contributed by atoms with Gasteiger partial charge in [0.05, 0.1) is 54.7 Å². The van der Waals surface area contributed by atoms with E-state index in [0.717, 1.165) is 43.3 Å². The van der Waals surface area contributed by atoms with E-state index in [9.17, 15) is 23.4 Å². The van der Waals surface area contributed by atoms with Crippen molar-refractivity contribution in [1.82, 2.24) is 25.1 Å². The highest BCUT2D eigenvalue weighted by Crippen LogP contribution is 2.35. The number of thiol groups is 1. The molecule has 3 aromatic carbocycles. The number of benzene rings is 3. The molecule has 17 nitrogen and oxygen atoms in total. The van der Waals surface area contributed by atoms with Crippen LogP contribution in [0.25, 0.3) is 0 Å². The van der Waals surface area contributed by atoms with Gasteiger partial charge in [-0.15, -0.1) is 0 Å². The van der Waals surface area contributed by atoms with Gasteiger partial charge in [0, 0.05) is 57.9 Å². The number of piperazine rings is 1. The van der Waals surface area contributed by atoms with E-state index in [4.69, 9.17) is 25.8 Å². The topological polar surface area (TPSA) is 188 Å². The fourth-order valence-electron chi connectivity index (χ4n) is 6.99. The predicted molar refractivity (Wildman–Crippen MR) is 219 cm³/mol. The van der Waals surface area contributed by atoms with Crippen LogP contribution >= 0.6 is 11.6 Å². The number of nitrogens with one attached hydrogen (secondary N) is 3. The van der Waals surface area contributed by atoms with Crippen molar-refractivity contribution in [1.29, 1.82) is 0 Å². The van der Waals surface area contributed by atoms with E-state index in [1.165, 1.54) is 12.3 Å². The lowest BCUT2D eigenvalue weighted by Crippen LogP contribution is -2.54. The van der Waals surface area contributed by atoms with E-state index in [1.54, 1.807) is 30.6 Å². The van der Waals surface area contributed by atoms with Crippen LogP contribution in [0.15, 0.2) is 66.9 Å². The molecule has 3 N–H and O–H groups in total. The molecule has 19 heteroatoms. The maximum Gasteiger partial charge on any atom is 0.266 e. The van der Waals surface area contributed by atoms with Gasteiger partial charge in [-0.3, -0.25) is 38.6 Å². The van der Waals surface area contributed by atoms with Crippen molar-refractivity contribution >= 4 is 81.6 Å². The SMILES string of the molecule is COc1cc(N2CCN(CCOCCOc3cccc4c3C(=O)N(C3CCC(=O)NC3=O)C4=O)CC2)ccc1Nc1ncc(Cl)c(Nc2ccccc2N(C)[SH]=O)n1. The first-order valence-electron chi connectivity index (χ1n) is 18.6. The Balaban J connectivity index is 0.862. The number of hydrogen-bond donors (Lipinski definition) is 4. The van der Waals surface area contributed by atoms with Crippen molar-refractivity contribution < 1.29 is 37.6 Å². The number of carbonyl (C=O) groups is 4. The van der Waals surface area contributed by atoms with E-state index >= 15 is 0 Å². The van der Waals surface area contributed by atoms with Crippen molar-refractivity contribution in [2.24, 2.45) is 0 Å². The second kappa shape index (κ2) is 18.2. The summed E-state index contributed by atoms with van der Waals surface area (Å²) in [6.45, 7) is 4.92. The smallest absolute Gasteiger partial charge is 0.266 e. The Bertz CT molecular complexity index is 2220. The summed E-state index contributed by atoms with van der Waals surface area (Å²) in [7, 11) is 3.31. The number of halogens is 1. The number of carbonyl (C=O) groups excluding carboxylic acids is 4. The molecule has 1 unspecified atom stereocenters. The molecule has 7 rings (SSSR count). The Morgan fingerprint density at radius 3 is 2.52 bits per heavy atom. The van der Waals surface area contributed by atoms with Crippen LogP contribution in [0.1, 0.15) is 33.6 Å². The monoisotopic (exact) mass is 831 g/mol. The first-order valence-corrected chi connectivity index (χ1v) is 19.7. The van der Waals surface area contributed by atoms with Gasteiger partial charge < -0.3 is 29.7 Å². The third-order valence-electron chi connectivity index (χ3n) is 10.0. The molecule has 0 spiro atoms. The maximum absolute atomic E-state index is 13.3. The van der Waals surface area contributed by atoms with Gasteiger partial charge in [-0.05, 0) is 42.8 Å². The average molecular weight is 832 g/mol. The summed E-state index contributed by atoms with van der Waals surface area (Å²) in [5.41, 5.74) is 3.35. The van der Waals surface area contributed by atoms with Crippen LogP contribution in [0.3, 0.4) is 0 Å². The molecule has 1 atom stereocenters. The lowest BCUT2D eigenvalue weighted by atomic mass is 10.0. The van der Waals surface area contributed by atoms with E-state index in [1.807, 2.05) is 42.5 Å². The van der Waals surface area contributed by atoms with E-state index in [-0.39, 0.29) is 54.8 Å². The molecule has 0 radical (unpaired) electrons. The number of nitrogens with zero attached hydrogens (tertiary/aromatic N) is 6. The second-order valence-corrected chi connectivity index (χ2v) is 14.7. The summed E-state index contributed by atoms with van der Waals surface area (Å²) in [6.07, 6.45) is 1.63. The van der Waals surface area contributed by atoms with Gasteiger partial charge in [0.15, 0.2) is 5.82 Å². The van der Waals surface area contributed by atoms with Crippen LogP contribution in [0.4, 0.5) is 34.5 Å². The lowest BCUT2D eigenvalue weighted by molar-refractivity contribution is -0.136. The number of aromatic nitrogens is 2. The van der Waals surface area contributed by atoms with Crippen molar-refractivity contribution in [2.75, 3.05) is 86.5 Å². The highest BCUT2D eigenvalue weighted by molar-refractivity contribution is 7.67. The number of ether oxygens (including phenoxy) is 3. The van der Waals surface area contributed by atoms with Crippen molar-refractivity contribution in [3.63, 3.8) is 0 Å². The Morgan fingerprint density at radius 1 is 0.931 bits per heavy atom. The highest BCUT2D eigenvalue weighted by atomic mass is 35.5. The minimum atomic E-state index is -1.04. The molecule has 3 aliphatic heterocycles. The second-order valence-electron chi connectivity index (χ2n) is 13.6. The molecule has 0 aliphatic carbocycles. The van der Waals surface area contributed by atoms with Gasteiger partial charge in [-0.2, -0.15) is 4.98 Å². The predicted octanol–water partition coefficient (Wildman–Crippen LogP) is 3.54. The molecule has 4 aromatic rings. The van der Waals surface area contributed by atoms with Crippen LogP contribution in [-0.4, -0.2) is 120 Å². The average Bonchev–Trinajstić information content (AvgIpc) is 3.49. The lowest BCUT2D eigenvalue weighted by Gasteiger charge is -2.36. The number of hydrogen-bond acceptors (Lipinski definition) is 14. The maximum atomic E-state index is 13.3. The normalized spacial score (nSPS) is 16.9. The first-order chi connectivity index (χ1) is 28.1. The third kappa shape index (κ3) is 8.84. The van der Waals surface area contributed by atoms with E-state index in [0.29, 0.717) is 46.2 Å². The molecule has 304 valence electrons. The number of rotatable bonds is 16. The van der Waals surface area contributed by atoms with Gasteiger partial charge in [0.2, 0.25) is 17.8 Å². The van der Waals surface area contributed by atoms with Crippen LogP contribution in [0.2, 0.25) is 5.02 Å². The molecule has 58 heavy (non-hydrogen) atoms. The number of methoxy groups -OCH3 is 1. The van der Waals surface area contributed by atoms with Gasteiger partial charge >= 0.3 is 0 Å². The van der Waals surface area contributed by atoms with Gasteiger partial charge in [-0.25, -0.2) is 9.19 Å². The molecule has 4 heterocycles. The summed E-state index contributed by atoms with van der Waals surface area (Å²) in [6, 6.07) is 17.0. The number of amides is 4. The Hall–Kier alpha value is -5.82. The highest BCUT2D eigenvalue weighted by Gasteiger charge is 2.46. The fraction of sp³-hybridized carbons (Fsp3) is 0.333. The molecule has 2 fully saturated rings. The zero-order valence-corrected chi connectivity index (χ0v) is 33.4. The standard InChI is InChI=1S/C39H42ClN9O8S/c1-46(58-54)29-8-4-3-7-27(29)42-35-26(40)23-41-39(45-35)43-28-11-10-24(22-32(28)55-2)48-16-14-47(15-17-48)18-19-56-20-21-57-31-9-5-6-25-34(31)38(53)49(37(25)52)30-12-13-33(50)44-36(30)51/h3-11,22-23,30,58H,12-21H2,1-2H3,(H,44,50,51)(H2,41,42,43,45). The van der Waals surface area contributed by atoms with Crippen LogP contribution < -0.4 is 34.6 Å². The summed E-state index contributed by atoms with van der Waals surface area (Å²) >= 11 is 6.28. The molecular weight excluding hydrogens is 790 g/mol. The van der Waals surface area contributed by atoms with Gasteiger partial charge in [0.25, 0.3) is 11.8 Å². The molecule has 0 bridgehead atoms. The number of piperidine rings is 1. The first kappa shape index (κ1) is 40.4. The zero-order valence-electron chi connectivity index (χ0n) is 31.8. The summed E-state index contributed by atoms with van der Waals surface area (Å²) in [5.74, 6) is -0.735.